The van der Waals surface area contributed by atoms with E-state index in [9.17, 15) is 4.79 Å². The number of rotatable bonds is 4. The summed E-state index contributed by atoms with van der Waals surface area (Å²) < 4.78 is 4.10. The quantitative estimate of drug-likeness (QED) is 0.624. The van der Waals surface area contributed by atoms with Gasteiger partial charge in [0.2, 0.25) is 0 Å². The number of carbonyl (C=O) groups excluding carboxylic acids is 1. The van der Waals surface area contributed by atoms with Gasteiger partial charge in [-0.2, -0.15) is 0 Å². The standard InChI is InChI=1S/C20H20N4O/c1-23-13-11-14-15(6-5-9-17(14)23)20(25)21-12-10-19-22-16-7-3-4-8-18(16)24(19)2/h3-9,11,13H,10,12H2,1-2H3,(H,21,25). The van der Waals surface area contributed by atoms with Crippen LogP contribution in [0.3, 0.4) is 0 Å². The van der Waals surface area contributed by atoms with E-state index in [2.05, 4.69) is 20.9 Å². The fourth-order valence-corrected chi connectivity index (χ4v) is 3.30. The Hall–Kier alpha value is -3.08. The predicted molar refractivity (Wildman–Crippen MR) is 99.7 cm³/mol. The van der Waals surface area contributed by atoms with E-state index >= 15 is 0 Å². The monoisotopic (exact) mass is 332 g/mol. The molecule has 1 N–H and O–H groups in total. The van der Waals surface area contributed by atoms with E-state index in [1.165, 1.54) is 0 Å². The fraction of sp³-hybridized carbons (Fsp3) is 0.200. The molecule has 2 aromatic heterocycles. The zero-order chi connectivity index (χ0) is 17.4. The summed E-state index contributed by atoms with van der Waals surface area (Å²) in [6.45, 7) is 0.555. The van der Waals surface area contributed by atoms with Crippen LogP contribution in [0.15, 0.2) is 54.7 Å². The number of aryl methyl sites for hydroxylation is 2. The van der Waals surface area contributed by atoms with Crippen molar-refractivity contribution in [3.05, 3.63) is 66.1 Å². The number of aromatic nitrogens is 3. The van der Waals surface area contributed by atoms with Crippen LogP contribution in [-0.4, -0.2) is 26.6 Å². The topological polar surface area (TPSA) is 51.9 Å². The number of fused-ring (bicyclic) bond motifs is 2. The van der Waals surface area contributed by atoms with Crippen molar-refractivity contribution in [2.24, 2.45) is 14.1 Å². The van der Waals surface area contributed by atoms with Crippen LogP contribution in [0.1, 0.15) is 16.2 Å². The molecule has 0 atom stereocenters. The van der Waals surface area contributed by atoms with Gasteiger partial charge in [0.25, 0.3) is 5.91 Å². The predicted octanol–water partition coefficient (Wildman–Crippen LogP) is 3.04. The van der Waals surface area contributed by atoms with Crippen molar-refractivity contribution in [2.45, 2.75) is 6.42 Å². The molecule has 0 aliphatic carbocycles. The fourth-order valence-electron chi connectivity index (χ4n) is 3.30. The van der Waals surface area contributed by atoms with E-state index in [4.69, 9.17) is 0 Å². The molecule has 25 heavy (non-hydrogen) atoms. The van der Waals surface area contributed by atoms with Crippen molar-refractivity contribution >= 4 is 27.8 Å². The van der Waals surface area contributed by atoms with Gasteiger partial charge in [-0.25, -0.2) is 4.98 Å². The Morgan fingerprint density at radius 1 is 1.04 bits per heavy atom. The van der Waals surface area contributed by atoms with E-state index in [1.54, 1.807) is 0 Å². The third kappa shape index (κ3) is 2.67. The van der Waals surface area contributed by atoms with Crippen LogP contribution < -0.4 is 5.32 Å². The maximum absolute atomic E-state index is 12.6. The molecular weight excluding hydrogens is 312 g/mol. The van der Waals surface area contributed by atoms with Crippen molar-refractivity contribution in [2.75, 3.05) is 6.54 Å². The second-order valence-corrected chi connectivity index (χ2v) is 6.25. The molecule has 0 spiro atoms. The summed E-state index contributed by atoms with van der Waals surface area (Å²) in [7, 11) is 3.99. The van der Waals surface area contributed by atoms with E-state index in [0.29, 0.717) is 18.5 Å². The second kappa shape index (κ2) is 6.09. The summed E-state index contributed by atoms with van der Waals surface area (Å²) in [5.41, 5.74) is 3.87. The second-order valence-electron chi connectivity index (χ2n) is 6.25. The Balaban J connectivity index is 1.49. The number of carbonyl (C=O) groups is 1. The number of nitrogens with one attached hydrogen (secondary N) is 1. The van der Waals surface area contributed by atoms with Gasteiger partial charge in [-0.15, -0.1) is 0 Å². The van der Waals surface area contributed by atoms with Gasteiger partial charge in [0.1, 0.15) is 5.82 Å². The number of nitrogens with zero attached hydrogens (tertiary/aromatic N) is 3. The molecular formula is C20H20N4O. The Morgan fingerprint density at radius 2 is 1.84 bits per heavy atom. The van der Waals surface area contributed by atoms with Crippen LogP contribution in [-0.2, 0) is 20.5 Å². The largest absolute Gasteiger partial charge is 0.352 e. The number of hydrogen-bond donors (Lipinski definition) is 1. The molecule has 5 nitrogen and oxygen atoms in total. The maximum Gasteiger partial charge on any atom is 0.251 e. The number of para-hydroxylation sites is 2. The Bertz CT molecular complexity index is 1070. The Morgan fingerprint density at radius 3 is 2.68 bits per heavy atom. The molecule has 0 radical (unpaired) electrons. The smallest absolute Gasteiger partial charge is 0.251 e. The molecule has 0 aliphatic rings. The summed E-state index contributed by atoms with van der Waals surface area (Å²) in [5, 5.41) is 4.00. The van der Waals surface area contributed by atoms with Crippen LogP contribution in [0.25, 0.3) is 21.9 Å². The van der Waals surface area contributed by atoms with Gasteiger partial charge in [0.15, 0.2) is 0 Å². The molecule has 2 heterocycles. The molecule has 1 amide bonds. The molecule has 0 fully saturated rings. The number of amides is 1. The Labute approximate surface area is 145 Å². The third-order valence-electron chi connectivity index (χ3n) is 4.69. The molecule has 0 bridgehead atoms. The van der Waals surface area contributed by atoms with Crippen LogP contribution in [0, 0.1) is 0 Å². The number of hydrogen-bond acceptors (Lipinski definition) is 2. The van der Waals surface area contributed by atoms with Gasteiger partial charge >= 0.3 is 0 Å². The summed E-state index contributed by atoms with van der Waals surface area (Å²) in [6.07, 6.45) is 2.67. The molecule has 126 valence electrons. The van der Waals surface area contributed by atoms with E-state index in [0.717, 1.165) is 27.8 Å². The molecule has 4 rings (SSSR count). The molecule has 4 aromatic rings. The summed E-state index contributed by atoms with van der Waals surface area (Å²) >= 11 is 0. The minimum Gasteiger partial charge on any atom is -0.352 e. The zero-order valence-electron chi connectivity index (χ0n) is 14.4. The molecule has 5 heteroatoms. The van der Waals surface area contributed by atoms with Crippen molar-refractivity contribution in [3.63, 3.8) is 0 Å². The lowest BCUT2D eigenvalue weighted by molar-refractivity contribution is 0.0955. The first-order valence-electron chi connectivity index (χ1n) is 8.38. The van der Waals surface area contributed by atoms with Crippen LogP contribution in [0.2, 0.25) is 0 Å². The number of benzene rings is 2. The lowest BCUT2D eigenvalue weighted by Gasteiger charge is -2.07. The van der Waals surface area contributed by atoms with Crippen molar-refractivity contribution in [1.29, 1.82) is 0 Å². The maximum atomic E-state index is 12.6. The summed E-state index contributed by atoms with van der Waals surface area (Å²) in [6, 6.07) is 15.8. The van der Waals surface area contributed by atoms with Gasteiger partial charge in [-0.1, -0.05) is 18.2 Å². The summed E-state index contributed by atoms with van der Waals surface area (Å²) in [4.78, 5) is 17.2. The average Bonchev–Trinajstić information content (AvgIpc) is 3.16. The average molecular weight is 332 g/mol. The highest BCUT2D eigenvalue weighted by atomic mass is 16.1. The van der Waals surface area contributed by atoms with E-state index < -0.39 is 0 Å². The minimum absolute atomic E-state index is 0.0458. The van der Waals surface area contributed by atoms with E-state index in [1.807, 2.05) is 67.3 Å². The summed E-state index contributed by atoms with van der Waals surface area (Å²) in [5.74, 6) is 0.926. The van der Waals surface area contributed by atoms with Crippen molar-refractivity contribution in [1.82, 2.24) is 19.4 Å². The van der Waals surface area contributed by atoms with Crippen molar-refractivity contribution in [3.8, 4) is 0 Å². The highest BCUT2D eigenvalue weighted by Crippen LogP contribution is 2.19. The van der Waals surface area contributed by atoms with Gasteiger partial charge in [-0.05, 0) is 30.3 Å². The van der Waals surface area contributed by atoms with E-state index in [-0.39, 0.29) is 5.91 Å². The van der Waals surface area contributed by atoms with Crippen LogP contribution in [0.5, 0.6) is 0 Å². The lowest BCUT2D eigenvalue weighted by Crippen LogP contribution is -2.26. The zero-order valence-corrected chi connectivity index (χ0v) is 14.4. The molecule has 0 unspecified atom stereocenters. The van der Waals surface area contributed by atoms with Gasteiger partial charge in [0, 0.05) is 49.7 Å². The first kappa shape index (κ1) is 15.4. The molecule has 0 aliphatic heterocycles. The SMILES string of the molecule is Cn1ccc2c(C(=O)NCCc3nc4ccccc4n3C)cccc21. The minimum atomic E-state index is -0.0458. The first-order valence-corrected chi connectivity index (χ1v) is 8.38. The first-order chi connectivity index (χ1) is 12.1. The lowest BCUT2D eigenvalue weighted by atomic mass is 10.1. The van der Waals surface area contributed by atoms with Gasteiger partial charge in [0.05, 0.1) is 11.0 Å². The van der Waals surface area contributed by atoms with Crippen LogP contribution >= 0.6 is 0 Å². The van der Waals surface area contributed by atoms with Crippen LogP contribution in [0.4, 0.5) is 0 Å². The molecule has 0 saturated heterocycles. The Kier molecular flexibility index (Phi) is 3.76. The number of imidazole rings is 1. The molecule has 0 saturated carbocycles. The normalized spacial score (nSPS) is 11.3. The highest BCUT2D eigenvalue weighted by molar-refractivity contribution is 6.06. The molecule has 2 aromatic carbocycles. The van der Waals surface area contributed by atoms with Gasteiger partial charge < -0.3 is 14.5 Å². The third-order valence-corrected chi connectivity index (χ3v) is 4.69. The highest BCUT2D eigenvalue weighted by Gasteiger charge is 2.12. The van der Waals surface area contributed by atoms with Gasteiger partial charge in [-0.3, -0.25) is 4.79 Å². The van der Waals surface area contributed by atoms with Crippen molar-refractivity contribution < 1.29 is 4.79 Å².